The van der Waals surface area contributed by atoms with Gasteiger partial charge in [-0.2, -0.15) is 0 Å². The number of fused-ring (bicyclic) bond motifs is 6. The van der Waals surface area contributed by atoms with Crippen LogP contribution in [0.3, 0.4) is 0 Å². The average molecular weight is 500 g/mol. The van der Waals surface area contributed by atoms with Gasteiger partial charge in [0.15, 0.2) is 0 Å². The Kier molecular flexibility index (Phi) is 4.89. The van der Waals surface area contributed by atoms with Crippen molar-refractivity contribution in [3.05, 3.63) is 151 Å². The molecule has 8 rings (SSSR count). The molecule has 184 valence electrons. The first-order valence-corrected chi connectivity index (χ1v) is 13.4. The monoisotopic (exact) mass is 499 g/mol. The molecular weight excluding hydrogens is 474 g/mol. The number of hydrogen-bond acceptors (Lipinski definition) is 2. The maximum atomic E-state index is 5.14. The Balaban J connectivity index is 1.32. The predicted octanol–water partition coefficient (Wildman–Crippen LogP) is 8.63. The molecule has 5 aromatic carbocycles. The molecule has 6 aromatic rings. The van der Waals surface area contributed by atoms with Crippen molar-refractivity contribution in [1.29, 1.82) is 0 Å². The van der Waals surface area contributed by atoms with Crippen LogP contribution in [0.2, 0.25) is 0 Å². The van der Waals surface area contributed by atoms with Crippen LogP contribution in [-0.4, -0.2) is 22.0 Å². The van der Waals surface area contributed by atoms with Crippen LogP contribution in [0.5, 0.6) is 0 Å². The van der Waals surface area contributed by atoms with E-state index in [4.69, 9.17) is 4.99 Å². The molecule has 0 unspecified atom stereocenters. The standard InChI is InChI=1S/C36H25N3/c1-2-10-25(11-3-1)26-17-19-28(20-18-26)31-24-37-36(38-23-9-8-15-32(31)38)39-33-16-7-6-14-30(33)35-29-13-5-4-12-27(29)21-22-34(35)39/h1-22,24H,23H2. The van der Waals surface area contributed by atoms with Gasteiger partial charge in [-0.15, -0.1) is 0 Å². The van der Waals surface area contributed by atoms with Crippen LogP contribution in [-0.2, 0) is 0 Å². The largest absolute Gasteiger partial charge is 0.307 e. The van der Waals surface area contributed by atoms with Gasteiger partial charge < -0.3 is 4.90 Å². The lowest BCUT2D eigenvalue weighted by Gasteiger charge is -2.34. The molecular formula is C36H25N3. The zero-order valence-electron chi connectivity index (χ0n) is 21.3. The van der Waals surface area contributed by atoms with E-state index in [1.165, 1.54) is 49.4 Å². The number of rotatable bonds is 2. The van der Waals surface area contributed by atoms with E-state index in [1.807, 2.05) is 6.20 Å². The maximum absolute atomic E-state index is 5.14. The summed E-state index contributed by atoms with van der Waals surface area (Å²) < 4.78 is 2.33. The van der Waals surface area contributed by atoms with Crippen molar-refractivity contribution >= 4 is 44.1 Å². The first-order chi connectivity index (χ1) is 19.4. The zero-order valence-corrected chi connectivity index (χ0v) is 21.3. The average Bonchev–Trinajstić information content (AvgIpc) is 3.36. The Morgan fingerprint density at radius 3 is 2.18 bits per heavy atom. The van der Waals surface area contributed by atoms with Gasteiger partial charge in [-0.3, -0.25) is 4.57 Å². The lowest BCUT2D eigenvalue weighted by Crippen LogP contribution is -2.38. The molecule has 3 nitrogen and oxygen atoms in total. The van der Waals surface area contributed by atoms with Gasteiger partial charge in [0.2, 0.25) is 5.96 Å². The van der Waals surface area contributed by atoms with Crippen molar-refractivity contribution in [2.75, 3.05) is 6.54 Å². The van der Waals surface area contributed by atoms with Crippen LogP contribution >= 0.6 is 0 Å². The molecule has 0 spiro atoms. The number of allylic oxidation sites excluding steroid dienone is 3. The van der Waals surface area contributed by atoms with E-state index in [0.29, 0.717) is 0 Å². The molecule has 0 aliphatic carbocycles. The molecule has 0 atom stereocenters. The van der Waals surface area contributed by atoms with Crippen molar-refractivity contribution in [1.82, 2.24) is 9.47 Å². The van der Waals surface area contributed by atoms with Crippen LogP contribution in [0.25, 0.3) is 49.3 Å². The van der Waals surface area contributed by atoms with Gasteiger partial charge >= 0.3 is 0 Å². The SMILES string of the molecule is C1=CCN2C(=C1)C(c1ccc(-c3ccccc3)cc1)=CN=C2n1c2ccccc2c2c3ccccc3ccc21. The summed E-state index contributed by atoms with van der Waals surface area (Å²) >= 11 is 0. The number of para-hydroxylation sites is 1. The molecule has 2 aliphatic rings. The third kappa shape index (κ3) is 3.40. The summed E-state index contributed by atoms with van der Waals surface area (Å²) in [6.45, 7) is 0.770. The Labute approximate surface area is 227 Å². The van der Waals surface area contributed by atoms with E-state index >= 15 is 0 Å². The third-order valence-electron chi connectivity index (χ3n) is 7.86. The molecule has 3 heteroatoms. The Bertz CT molecular complexity index is 2020. The van der Waals surface area contributed by atoms with E-state index in [0.717, 1.165) is 23.6 Å². The van der Waals surface area contributed by atoms with Gasteiger partial charge in [-0.25, -0.2) is 4.99 Å². The number of aromatic nitrogens is 1. The van der Waals surface area contributed by atoms with Crippen molar-refractivity contribution in [2.24, 2.45) is 4.99 Å². The lowest BCUT2D eigenvalue weighted by molar-refractivity contribution is 0.562. The highest BCUT2D eigenvalue weighted by Gasteiger charge is 2.28. The fourth-order valence-corrected chi connectivity index (χ4v) is 6.02. The summed E-state index contributed by atoms with van der Waals surface area (Å²) in [6.07, 6.45) is 8.60. The van der Waals surface area contributed by atoms with Gasteiger partial charge in [0.05, 0.1) is 16.7 Å². The number of aliphatic imine (C=N–C) groups is 1. The molecule has 0 fully saturated rings. The van der Waals surface area contributed by atoms with Crippen molar-refractivity contribution < 1.29 is 0 Å². The molecule has 0 N–H and O–H groups in total. The predicted molar refractivity (Wildman–Crippen MR) is 164 cm³/mol. The van der Waals surface area contributed by atoms with Crippen LogP contribution < -0.4 is 0 Å². The number of benzene rings is 5. The van der Waals surface area contributed by atoms with Gasteiger partial charge in [0.25, 0.3) is 0 Å². The Morgan fingerprint density at radius 1 is 0.590 bits per heavy atom. The van der Waals surface area contributed by atoms with Crippen LogP contribution in [0.4, 0.5) is 0 Å². The third-order valence-corrected chi connectivity index (χ3v) is 7.86. The van der Waals surface area contributed by atoms with E-state index in [-0.39, 0.29) is 0 Å². The molecule has 2 aliphatic heterocycles. The topological polar surface area (TPSA) is 20.5 Å². The Morgan fingerprint density at radius 2 is 1.31 bits per heavy atom. The molecule has 1 aromatic heterocycles. The van der Waals surface area contributed by atoms with Gasteiger partial charge in [-0.1, -0.05) is 115 Å². The van der Waals surface area contributed by atoms with E-state index in [2.05, 4.69) is 143 Å². The molecule has 0 saturated heterocycles. The van der Waals surface area contributed by atoms with Crippen molar-refractivity contribution in [3.63, 3.8) is 0 Å². The second kappa shape index (κ2) is 8.71. The molecule has 0 amide bonds. The fraction of sp³-hybridized carbons (Fsp3) is 0.0278. The molecule has 3 heterocycles. The Hall–Kier alpha value is -5.15. The number of nitrogens with zero attached hydrogens (tertiary/aromatic N) is 3. The van der Waals surface area contributed by atoms with Crippen LogP contribution in [0.15, 0.2) is 150 Å². The molecule has 0 saturated carbocycles. The lowest BCUT2D eigenvalue weighted by atomic mass is 9.97. The fourth-order valence-electron chi connectivity index (χ4n) is 6.02. The summed E-state index contributed by atoms with van der Waals surface area (Å²) in [7, 11) is 0. The van der Waals surface area contributed by atoms with Gasteiger partial charge in [-0.05, 0) is 45.7 Å². The maximum Gasteiger partial charge on any atom is 0.215 e. The normalized spacial score (nSPS) is 14.9. The minimum atomic E-state index is 0.770. The summed E-state index contributed by atoms with van der Waals surface area (Å²) in [5, 5.41) is 5.04. The summed E-state index contributed by atoms with van der Waals surface area (Å²) in [5.74, 6) is 0.928. The molecule has 0 radical (unpaired) electrons. The van der Waals surface area contributed by atoms with Crippen LogP contribution in [0, 0.1) is 0 Å². The summed E-state index contributed by atoms with van der Waals surface area (Å²) in [6, 6.07) is 41.1. The second-order valence-corrected chi connectivity index (χ2v) is 10.0. The zero-order chi connectivity index (χ0) is 25.8. The molecule has 0 bridgehead atoms. The van der Waals surface area contributed by atoms with E-state index in [9.17, 15) is 0 Å². The van der Waals surface area contributed by atoms with Crippen LogP contribution in [0.1, 0.15) is 5.56 Å². The first kappa shape index (κ1) is 21.9. The minimum absolute atomic E-state index is 0.770. The van der Waals surface area contributed by atoms with Crippen molar-refractivity contribution in [3.8, 4) is 11.1 Å². The van der Waals surface area contributed by atoms with Gasteiger partial charge in [0.1, 0.15) is 0 Å². The molecule has 39 heavy (non-hydrogen) atoms. The summed E-state index contributed by atoms with van der Waals surface area (Å²) in [4.78, 5) is 7.48. The van der Waals surface area contributed by atoms with E-state index in [1.54, 1.807) is 0 Å². The smallest absolute Gasteiger partial charge is 0.215 e. The summed E-state index contributed by atoms with van der Waals surface area (Å²) in [5.41, 5.74) is 8.24. The highest BCUT2D eigenvalue weighted by molar-refractivity contribution is 6.23. The minimum Gasteiger partial charge on any atom is -0.307 e. The highest BCUT2D eigenvalue weighted by atomic mass is 15.3. The first-order valence-electron chi connectivity index (χ1n) is 13.4. The van der Waals surface area contributed by atoms with Gasteiger partial charge in [0, 0.05) is 29.1 Å². The second-order valence-electron chi connectivity index (χ2n) is 10.0. The quantitative estimate of drug-likeness (QED) is 0.234. The number of hydrogen-bond donors (Lipinski definition) is 0. The highest BCUT2D eigenvalue weighted by Crippen LogP contribution is 2.38. The van der Waals surface area contributed by atoms with Crippen molar-refractivity contribution in [2.45, 2.75) is 0 Å². The van der Waals surface area contributed by atoms with E-state index < -0.39 is 0 Å².